The molecule has 7 heteroatoms. The zero-order valence-corrected chi connectivity index (χ0v) is 12.1. The predicted molar refractivity (Wildman–Crippen MR) is 69.0 cm³/mol. The van der Waals surface area contributed by atoms with Gasteiger partial charge in [-0.1, -0.05) is 27.5 Å². The Labute approximate surface area is 114 Å². The van der Waals surface area contributed by atoms with Gasteiger partial charge in [-0.2, -0.15) is 0 Å². The number of hydrogen-bond donors (Lipinski definition) is 0. The molecule has 1 aromatic rings. The van der Waals surface area contributed by atoms with E-state index in [0.29, 0.717) is 27.2 Å². The number of pyridine rings is 1. The van der Waals surface area contributed by atoms with Gasteiger partial charge in [0, 0.05) is 18.1 Å². The molecule has 0 unspecified atom stereocenters. The van der Waals surface area contributed by atoms with Crippen LogP contribution in [0.1, 0.15) is 0 Å². The van der Waals surface area contributed by atoms with E-state index in [1.54, 1.807) is 6.07 Å². The normalized spacial score (nSPS) is 10.9. The monoisotopic (exact) mass is 376 g/mol. The Morgan fingerprint density at radius 2 is 2.19 bits per heavy atom. The molecule has 0 aliphatic rings. The number of halogens is 5. The van der Waals surface area contributed by atoms with E-state index in [0.717, 1.165) is 0 Å². The third-order valence-electron chi connectivity index (χ3n) is 1.80. The lowest BCUT2D eigenvalue weighted by molar-refractivity contribution is 0.155. The molecular formula is C9H9Br2ClF2N2. The van der Waals surface area contributed by atoms with Crippen molar-refractivity contribution >= 4 is 49.3 Å². The summed E-state index contributed by atoms with van der Waals surface area (Å²) in [7, 11) is 0. The standard InChI is InChI=1S/C9H9Br2ClF2N2/c10-1-2-16(5-8(13)14)9-7(11)3-6(12)4-15-9/h3-4,8H,1-2,5H2. The van der Waals surface area contributed by atoms with Crippen LogP contribution < -0.4 is 4.90 Å². The number of rotatable bonds is 5. The van der Waals surface area contributed by atoms with E-state index >= 15 is 0 Å². The van der Waals surface area contributed by atoms with Gasteiger partial charge < -0.3 is 4.90 Å². The first-order valence-electron chi connectivity index (χ1n) is 4.44. The highest BCUT2D eigenvalue weighted by molar-refractivity contribution is 9.10. The van der Waals surface area contributed by atoms with Crippen molar-refractivity contribution in [3.05, 3.63) is 21.8 Å². The van der Waals surface area contributed by atoms with E-state index in [1.807, 2.05) is 0 Å². The van der Waals surface area contributed by atoms with Crippen molar-refractivity contribution in [3.8, 4) is 0 Å². The van der Waals surface area contributed by atoms with Crippen LogP contribution in [-0.4, -0.2) is 29.8 Å². The first kappa shape index (κ1) is 14.1. The molecule has 1 rings (SSSR count). The molecule has 0 aliphatic heterocycles. The number of nitrogens with zero attached hydrogens (tertiary/aromatic N) is 2. The van der Waals surface area contributed by atoms with E-state index in [2.05, 4.69) is 36.8 Å². The summed E-state index contributed by atoms with van der Waals surface area (Å²) in [6.45, 7) is 0.108. The van der Waals surface area contributed by atoms with E-state index < -0.39 is 6.43 Å². The molecule has 0 aromatic carbocycles. The van der Waals surface area contributed by atoms with Gasteiger partial charge in [-0.25, -0.2) is 13.8 Å². The summed E-state index contributed by atoms with van der Waals surface area (Å²) >= 11 is 12.2. The minimum Gasteiger partial charge on any atom is -0.349 e. The fourth-order valence-electron chi connectivity index (χ4n) is 1.19. The molecule has 0 bridgehead atoms. The highest BCUT2D eigenvalue weighted by atomic mass is 79.9. The second-order valence-electron chi connectivity index (χ2n) is 2.99. The fourth-order valence-corrected chi connectivity index (χ4v) is 2.51. The Kier molecular flexibility index (Phi) is 5.92. The number of hydrogen-bond acceptors (Lipinski definition) is 2. The average Bonchev–Trinajstić information content (AvgIpc) is 2.16. The highest BCUT2D eigenvalue weighted by Gasteiger charge is 2.16. The molecule has 1 aromatic heterocycles. The Morgan fingerprint density at radius 3 is 2.69 bits per heavy atom. The maximum absolute atomic E-state index is 12.4. The zero-order chi connectivity index (χ0) is 12.1. The first-order valence-corrected chi connectivity index (χ1v) is 6.74. The Balaban J connectivity index is 2.91. The van der Waals surface area contributed by atoms with Crippen LogP contribution in [0.3, 0.4) is 0 Å². The summed E-state index contributed by atoms with van der Waals surface area (Å²) in [5.74, 6) is 0.476. The maximum atomic E-state index is 12.4. The molecule has 16 heavy (non-hydrogen) atoms. The molecule has 90 valence electrons. The highest BCUT2D eigenvalue weighted by Crippen LogP contribution is 2.26. The van der Waals surface area contributed by atoms with Crippen molar-refractivity contribution in [1.82, 2.24) is 4.98 Å². The largest absolute Gasteiger partial charge is 0.349 e. The van der Waals surface area contributed by atoms with Crippen LogP contribution in [0.25, 0.3) is 0 Å². The molecule has 0 saturated carbocycles. The predicted octanol–water partition coefficient (Wildman–Crippen LogP) is 3.96. The van der Waals surface area contributed by atoms with Crippen LogP contribution in [0.2, 0.25) is 5.02 Å². The van der Waals surface area contributed by atoms with Crippen LogP contribution in [0.5, 0.6) is 0 Å². The molecule has 0 N–H and O–H groups in total. The number of alkyl halides is 3. The van der Waals surface area contributed by atoms with Gasteiger partial charge in [-0.05, 0) is 22.0 Å². The summed E-state index contributed by atoms with van der Waals surface area (Å²) in [6.07, 6.45) is -0.961. The van der Waals surface area contributed by atoms with Crippen LogP contribution in [0.4, 0.5) is 14.6 Å². The van der Waals surface area contributed by atoms with E-state index in [4.69, 9.17) is 11.6 Å². The van der Waals surface area contributed by atoms with E-state index in [-0.39, 0.29) is 6.54 Å². The lowest BCUT2D eigenvalue weighted by Crippen LogP contribution is -2.31. The van der Waals surface area contributed by atoms with Crippen LogP contribution in [0.15, 0.2) is 16.7 Å². The van der Waals surface area contributed by atoms with Crippen LogP contribution >= 0.6 is 43.5 Å². The molecule has 0 spiro atoms. The summed E-state index contributed by atoms with van der Waals surface area (Å²) < 4.78 is 25.4. The molecular weight excluding hydrogens is 369 g/mol. The lowest BCUT2D eigenvalue weighted by Gasteiger charge is -2.23. The molecule has 0 aliphatic carbocycles. The van der Waals surface area contributed by atoms with Gasteiger partial charge in [0.1, 0.15) is 5.82 Å². The molecule has 1 heterocycles. The number of anilines is 1. The fraction of sp³-hybridized carbons (Fsp3) is 0.444. The van der Waals surface area contributed by atoms with Crippen LogP contribution in [-0.2, 0) is 0 Å². The maximum Gasteiger partial charge on any atom is 0.255 e. The molecule has 0 fully saturated rings. The third-order valence-corrected chi connectivity index (χ3v) is 2.95. The molecule has 0 radical (unpaired) electrons. The smallest absolute Gasteiger partial charge is 0.255 e. The molecule has 0 saturated heterocycles. The second kappa shape index (κ2) is 6.71. The number of aromatic nitrogens is 1. The first-order chi connectivity index (χ1) is 7.54. The van der Waals surface area contributed by atoms with E-state index in [9.17, 15) is 8.78 Å². The van der Waals surface area contributed by atoms with Gasteiger partial charge in [-0.15, -0.1) is 0 Å². The minimum absolute atomic E-state index is 0.348. The quantitative estimate of drug-likeness (QED) is 0.721. The van der Waals surface area contributed by atoms with Crippen molar-refractivity contribution in [2.45, 2.75) is 6.43 Å². The summed E-state index contributed by atoms with van der Waals surface area (Å²) in [5, 5.41) is 1.06. The molecule has 2 nitrogen and oxygen atoms in total. The third kappa shape index (κ3) is 4.14. The van der Waals surface area contributed by atoms with Gasteiger partial charge in [0.15, 0.2) is 0 Å². The van der Waals surface area contributed by atoms with Crippen molar-refractivity contribution in [2.75, 3.05) is 23.3 Å². The van der Waals surface area contributed by atoms with Crippen molar-refractivity contribution in [3.63, 3.8) is 0 Å². The van der Waals surface area contributed by atoms with Gasteiger partial charge in [0.25, 0.3) is 6.43 Å². The van der Waals surface area contributed by atoms with E-state index in [1.165, 1.54) is 11.1 Å². The SMILES string of the molecule is FC(F)CN(CCBr)c1ncc(Cl)cc1Br. The minimum atomic E-state index is -2.40. The van der Waals surface area contributed by atoms with Gasteiger partial charge in [-0.3, -0.25) is 0 Å². The Hall–Kier alpha value is 0.0600. The Morgan fingerprint density at radius 1 is 1.50 bits per heavy atom. The summed E-state index contributed by atoms with van der Waals surface area (Å²) in [5.41, 5.74) is 0. The summed E-state index contributed by atoms with van der Waals surface area (Å²) in [6, 6.07) is 1.64. The zero-order valence-electron chi connectivity index (χ0n) is 8.14. The lowest BCUT2D eigenvalue weighted by atomic mass is 10.4. The van der Waals surface area contributed by atoms with Gasteiger partial charge in [0.05, 0.1) is 16.0 Å². The average molecular weight is 378 g/mol. The summed E-state index contributed by atoms with van der Waals surface area (Å²) in [4.78, 5) is 5.54. The molecule has 0 amide bonds. The van der Waals surface area contributed by atoms with Crippen LogP contribution in [0, 0.1) is 0 Å². The second-order valence-corrected chi connectivity index (χ2v) is 5.07. The molecule has 0 atom stereocenters. The van der Waals surface area contributed by atoms with Gasteiger partial charge in [0.2, 0.25) is 0 Å². The van der Waals surface area contributed by atoms with Crippen molar-refractivity contribution in [2.24, 2.45) is 0 Å². The van der Waals surface area contributed by atoms with Crippen molar-refractivity contribution < 1.29 is 8.78 Å². The van der Waals surface area contributed by atoms with Gasteiger partial charge >= 0.3 is 0 Å². The topological polar surface area (TPSA) is 16.1 Å². The Bertz CT molecular complexity index is 352. The van der Waals surface area contributed by atoms with Crippen molar-refractivity contribution in [1.29, 1.82) is 0 Å².